The Labute approximate surface area is 103 Å². The SMILES string of the molecule is Cc1[nH]cnc1CSCCN/C(Cl)=N/C#N. The Kier molecular flexibility index (Phi) is 5.75. The third-order valence-corrected chi connectivity index (χ3v) is 3.03. The van der Waals surface area contributed by atoms with Crippen molar-refractivity contribution >= 4 is 28.7 Å². The number of imidazole rings is 1. The van der Waals surface area contributed by atoms with E-state index < -0.39 is 0 Å². The van der Waals surface area contributed by atoms with Crippen molar-refractivity contribution < 1.29 is 0 Å². The third kappa shape index (κ3) is 4.55. The highest BCUT2D eigenvalue weighted by molar-refractivity contribution is 7.98. The number of aryl methyl sites for hydroxylation is 1. The number of hydrogen-bond acceptors (Lipinski definition) is 4. The first-order valence-electron chi connectivity index (χ1n) is 4.66. The Morgan fingerprint density at radius 1 is 1.81 bits per heavy atom. The van der Waals surface area contributed by atoms with E-state index in [4.69, 9.17) is 16.9 Å². The molecule has 1 aromatic rings. The second kappa shape index (κ2) is 7.14. The molecule has 0 spiro atoms. The van der Waals surface area contributed by atoms with Crippen molar-refractivity contribution in [3.8, 4) is 6.19 Å². The van der Waals surface area contributed by atoms with E-state index in [1.165, 1.54) is 0 Å². The largest absolute Gasteiger partial charge is 0.359 e. The summed E-state index contributed by atoms with van der Waals surface area (Å²) in [5.41, 5.74) is 2.17. The number of nitrogens with zero attached hydrogens (tertiary/aromatic N) is 3. The van der Waals surface area contributed by atoms with Gasteiger partial charge in [0.05, 0.1) is 12.0 Å². The molecule has 0 radical (unpaired) electrons. The van der Waals surface area contributed by atoms with Gasteiger partial charge in [-0.2, -0.15) is 17.0 Å². The van der Waals surface area contributed by atoms with Gasteiger partial charge in [0, 0.05) is 23.7 Å². The van der Waals surface area contributed by atoms with Crippen LogP contribution in [0.3, 0.4) is 0 Å². The quantitative estimate of drug-likeness (QED) is 0.276. The second-order valence-corrected chi connectivity index (χ2v) is 4.42. The molecule has 0 aromatic carbocycles. The second-order valence-electron chi connectivity index (χ2n) is 2.96. The van der Waals surface area contributed by atoms with Crippen molar-refractivity contribution in [3.63, 3.8) is 0 Å². The van der Waals surface area contributed by atoms with Crippen LogP contribution in [0.2, 0.25) is 0 Å². The van der Waals surface area contributed by atoms with E-state index in [1.54, 1.807) is 24.3 Å². The first-order chi connectivity index (χ1) is 7.74. The van der Waals surface area contributed by atoms with E-state index in [-0.39, 0.29) is 5.29 Å². The van der Waals surface area contributed by atoms with Gasteiger partial charge in [0.1, 0.15) is 0 Å². The molecule has 1 heterocycles. The minimum Gasteiger partial charge on any atom is -0.359 e. The van der Waals surface area contributed by atoms with Crippen LogP contribution in [0.5, 0.6) is 0 Å². The van der Waals surface area contributed by atoms with Crippen molar-refractivity contribution in [2.24, 2.45) is 4.99 Å². The Morgan fingerprint density at radius 2 is 2.62 bits per heavy atom. The summed E-state index contributed by atoms with van der Waals surface area (Å²) in [4.78, 5) is 10.6. The van der Waals surface area contributed by atoms with Crippen LogP contribution in [0.1, 0.15) is 11.4 Å². The monoisotopic (exact) mass is 257 g/mol. The minimum atomic E-state index is 0.138. The van der Waals surface area contributed by atoms with Crippen molar-refractivity contribution in [2.45, 2.75) is 12.7 Å². The summed E-state index contributed by atoms with van der Waals surface area (Å²) in [6.07, 6.45) is 3.31. The average molecular weight is 258 g/mol. The lowest BCUT2D eigenvalue weighted by Crippen LogP contribution is -2.20. The molecule has 1 aromatic heterocycles. The van der Waals surface area contributed by atoms with Gasteiger partial charge in [0.25, 0.3) is 0 Å². The molecule has 0 aliphatic carbocycles. The molecule has 86 valence electrons. The zero-order valence-electron chi connectivity index (χ0n) is 8.83. The lowest BCUT2D eigenvalue weighted by atomic mass is 10.4. The molecule has 7 heteroatoms. The van der Waals surface area contributed by atoms with E-state index in [0.717, 1.165) is 22.9 Å². The van der Waals surface area contributed by atoms with Gasteiger partial charge in [0.2, 0.25) is 11.5 Å². The maximum atomic E-state index is 8.22. The number of aromatic nitrogens is 2. The van der Waals surface area contributed by atoms with E-state index in [0.29, 0.717) is 6.54 Å². The molecule has 0 amide bonds. The number of nitriles is 1. The average Bonchev–Trinajstić information content (AvgIpc) is 2.64. The highest BCUT2D eigenvalue weighted by Gasteiger charge is 2.00. The fourth-order valence-corrected chi connectivity index (χ4v) is 2.02. The lowest BCUT2D eigenvalue weighted by Gasteiger charge is -2.02. The summed E-state index contributed by atoms with van der Waals surface area (Å²) in [6.45, 7) is 2.68. The Balaban J connectivity index is 2.12. The smallest absolute Gasteiger partial charge is 0.208 e. The van der Waals surface area contributed by atoms with E-state index >= 15 is 0 Å². The molecule has 5 nitrogen and oxygen atoms in total. The normalized spacial score (nSPS) is 11.2. The van der Waals surface area contributed by atoms with Crippen LogP contribution in [0.15, 0.2) is 11.3 Å². The van der Waals surface area contributed by atoms with Gasteiger partial charge in [-0.1, -0.05) is 0 Å². The van der Waals surface area contributed by atoms with Gasteiger partial charge in [-0.25, -0.2) is 4.98 Å². The van der Waals surface area contributed by atoms with Gasteiger partial charge < -0.3 is 10.3 Å². The number of hydrogen-bond donors (Lipinski definition) is 2. The summed E-state index contributed by atoms with van der Waals surface area (Å²) in [7, 11) is 0. The molecular weight excluding hydrogens is 246 g/mol. The number of nitrogens with one attached hydrogen (secondary N) is 2. The zero-order valence-corrected chi connectivity index (χ0v) is 10.4. The minimum absolute atomic E-state index is 0.138. The Morgan fingerprint density at radius 3 is 3.25 bits per heavy atom. The standard InChI is InChI=1S/C9H12ClN5S/c1-7-8(15-6-14-7)4-16-3-2-12-9(10)13-5-11/h6H,2-4H2,1H3,(H,12,13)(H,14,15). The first kappa shape index (κ1) is 12.9. The maximum Gasteiger partial charge on any atom is 0.208 e. The number of aromatic amines is 1. The molecular formula is C9H12ClN5S. The van der Waals surface area contributed by atoms with Crippen LogP contribution in [0.25, 0.3) is 0 Å². The lowest BCUT2D eigenvalue weighted by molar-refractivity contribution is 0.989. The van der Waals surface area contributed by atoms with Crippen molar-refractivity contribution in [2.75, 3.05) is 12.3 Å². The van der Waals surface area contributed by atoms with Crippen molar-refractivity contribution in [3.05, 3.63) is 17.7 Å². The number of halogens is 1. The molecule has 0 unspecified atom stereocenters. The first-order valence-corrected chi connectivity index (χ1v) is 6.20. The number of rotatable bonds is 5. The predicted octanol–water partition coefficient (Wildman–Crippen LogP) is 1.62. The summed E-state index contributed by atoms with van der Waals surface area (Å²) in [5, 5.41) is 11.2. The fourth-order valence-electron chi connectivity index (χ4n) is 1.01. The number of thioether (sulfide) groups is 1. The van der Waals surface area contributed by atoms with Gasteiger partial charge in [-0.15, -0.1) is 4.99 Å². The molecule has 0 saturated heterocycles. The zero-order chi connectivity index (χ0) is 11.8. The highest BCUT2D eigenvalue weighted by Crippen LogP contribution is 2.11. The Bertz CT molecular complexity index is 395. The van der Waals surface area contributed by atoms with Crippen LogP contribution in [-0.2, 0) is 5.75 Å². The van der Waals surface area contributed by atoms with Gasteiger partial charge >= 0.3 is 0 Å². The predicted molar refractivity (Wildman–Crippen MR) is 66.4 cm³/mol. The van der Waals surface area contributed by atoms with Crippen molar-refractivity contribution in [1.82, 2.24) is 15.3 Å². The van der Waals surface area contributed by atoms with E-state index in [2.05, 4.69) is 20.3 Å². The van der Waals surface area contributed by atoms with Gasteiger partial charge in [-0.05, 0) is 18.5 Å². The Hall–Kier alpha value is -1.19. The van der Waals surface area contributed by atoms with Gasteiger partial charge in [-0.3, -0.25) is 0 Å². The van der Waals surface area contributed by atoms with E-state index in [1.807, 2.05) is 6.92 Å². The molecule has 0 aliphatic rings. The topological polar surface area (TPSA) is 76.9 Å². The third-order valence-electron chi connectivity index (χ3n) is 1.84. The van der Waals surface area contributed by atoms with E-state index in [9.17, 15) is 0 Å². The summed E-state index contributed by atoms with van der Waals surface area (Å²) in [5.74, 6) is 1.74. The molecule has 2 N–H and O–H groups in total. The molecule has 0 fully saturated rings. The highest BCUT2D eigenvalue weighted by atomic mass is 35.5. The number of H-pyrrole nitrogens is 1. The molecule has 16 heavy (non-hydrogen) atoms. The molecule has 0 aliphatic heterocycles. The van der Waals surface area contributed by atoms with Crippen molar-refractivity contribution in [1.29, 1.82) is 5.26 Å². The molecule has 0 bridgehead atoms. The number of aliphatic imine (C=N–C) groups is 1. The molecule has 0 saturated carbocycles. The van der Waals surface area contributed by atoms with Crippen LogP contribution in [-0.4, -0.2) is 27.6 Å². The molecule has 0 atom stereocenters. The maximum absolute atomic E-state index is 8.22. The summed E-state index contributed by atoms with van der Waals surface area (Å²) < 4.78 is 0. The van der Waals surface area contributed by atoms with Crippen LogP contribution in [0, 0.1) is 18.4 Å². The van der Waals surface area contributed by atoms with Crippen LogP contribution >= 0.6 is 23.4 Å². The fraction of sp³-hybridized carbons (Fsp3) is 0.444. The summed E-state index contributed by atoms with van der Waals surface area (Å²) in [6, 6.07) is 0. The van der Waals surface area contributed by atoms with Crippen LogP contribution < -0.4 is 5.32 Å². The van der Waals surface area contributed by atoms with Gasteiger partial charge in [0.15, 0.2) is 0 Å². The summed E-state index contributed by atoms with van der Waals surface area (Å²) >= 11 is 7.32. The molecule has 1 rings (SSSR count). The van der Waals surface area contributed by atoms with Crippen LogP contribution in [0.4, 0.5) is 0 Å². The number of amidine groups is 1.